The lowest BCUT2D eigenvalue weighted by atomic mass is 9.89. The van der Waals surface area contributed by atoms with E-state index in [1.807, 2.05) is 44.5 Å². The first-order chi connectivity index (χ1) is 16.0. The number of nitrogens with zero attached hydrogens (tertiary/aromatic N) is 2. The fourth-order valence-corrected chi connectivity index (χ4v) is 5.53. The molecule has 0 saturated heterocycles. The molecule has 1 amide bonds. The van der Waals surface area contributed by atoms with Crippen molar-refractivity contribution in [3.05, 3.63) is 69.7 Å². The van der Waals surface area contributed by atoms with Crippen molar-refractivity contribution in [2.75, 3.05) is 14.2 Å². The Bertz CT molecular complexity index is 1080. The summed E-state index contributed by atoms with van der Waals surface area (Å²) >= 11 is 1.51. The number of ether oxygens (including phenoxy) is 1. The predicted molar refractivity (Wildman–Crippen MR) is 149 cm³/mol. The summed E-state index contributed by atoms with van der Waals surface area (Å²) in [6.07, 6.45) is 4.19. The van der Waals surface area contributed by atoms with Crippen molar-refractivity contribution in [2.45, 2.75) is 58.2 Å². The number of nitrogens with one attached hydrogen (secondary N) is 1. The Morgan fingerprint density at radius 2 is 1.74 bits per heavy atom. The zero-order valence-corrected chi connectivity index (χ0v) is 23.2. The number of aromatic nitrogens is 1. The molecule has 35 heavy (non-hydrogen) atoms. The van der Waals surface area contributed by atoms with Crippen LogP contribution in [0.4, 0.5) is 0 Å². The van der Waals surface area contributed by atoms with Gasteiger partial charge in [-0.3, -0.25) is 9.78 Å². The van der Waals surface area contributed by atoms with Crippen LogP contribution in [0.25, 0.3) is 11.1 Å². The van der Waals surface area contributed by atoms with Crippen LogP contribution in [0.3, 0.4) is 0 Å². The molecule has 2 aromatic heterocycles. The highest BCUT2D eigenvalue weighted by atomic mass is 35.5. The van der Waals surface area contributed by atoms with Gasteiger partial charge in [0.2, 0.25) is 0 Å². The Hall–Kier alpha value is -2.12. The summed E-state index contributed by atoms with van der Waals surface area (Å²) in [7, 11) is 3.72. The largest absolute Gasteiger partial charge is 0.496 e. The number of hydrogen-bond donors (Lipinski definition) is 1. The van der Waals surface area contributed by atoms with Gasteiger partial charge >= 0.3 is 0 Å². The molecule has 2 heterocycles. The summed E-state index contributed by atoms with van der Waals surface area (Å²) in [5.41, 5.74) is 5.27. The van der Waals surface area contributed by atoms with E-state index in [1.165, 1.54) is 11.3 Å². The molecule has 0 aliphatic heterocycles. The van der Waals surface area contributed by atoms with Gasteiger partial charge in [0.1, 0.15) is 5.75 Å². The van der Waals surface area contributed by atoms with Gasteiger partial charge in [0.15, 0.2) is 0 Å². The van der Waals surface area contributed by atoms with Gasteiger partial charge in [-0.05, 0) is 93.4 Å². The van der Waals surface area contributed by atoms with Crippen molar-refractivity contribution in [2.24, 2.45) is 0 Å². The lowest BCUT2D eigenvalue weighted by Gasteiger charge is -2.37. The number of amides is 1. The van der Waals surface area contributed by atoms with Crippen LogP contribution < -0.4 is 10.1 Å². The molecule has 0 spiro atoms. The summed E-state index contributed by atoms with van der Waals surface area (Å²) < 4.78 is 5.72. The van der Waals surface area contributed by atoms with E-state index in [0.29, 0.717) is 12.6 Å². The monoisotopic (exact) mass is 535 g/mol. The highest BCUT2D eigenvalue weighted by molar-refractivity contribution is 7.12. The number of thiophene rings is 1. The maximum Gasteiger partial charge on any atom is 0.264 e. The minimum absolute atomic E-state index is 0. The van der Waals surface area contributed by atoms with E-state index in [1.54, 1.807) is 7.11 Å². The molecular weight excluding hydrogens is 501 g/mol. The molecule has 1 aromatic carbocycles. The van der Waals surface area contributed by atoms with Crippen molar-refractivity contribution in [3.8, 4) is 16.9 Å². The molecular formula is C27H35Cl2N3O2S. The zero-order valence-electron chi connectivity index (χ0n) is 20.7. The fraction of sp³-hybridized carbons (Fsp3) is 0.407. The number of methoxy groups -OCH3 is 1. The van der Waals surface area contributed by atoms with E-state index in [9.17, 15) is 4.79 Å². The predicted octanol–water partition coefficient (Wildman–Crippen LogP) is 6.45. The number of aryl methyl sites for hydroxylation is 2. The van der Waals surface area contributed by atoms with Gasteiger partial charge in [0.05, 0.1) is 12.0 Å². The van der Waals surface area contributed by atoms with Crippen LogP contribution in [0.15, 0.2) is 47.8 Å². The molecule has 3 aromatic rings. The Morgan fingerprint density at radius 1 is 1.06 bits per heavy atom. The molecule has 1 saturated carbocycles. The number of benzene rings is 1. The number of hydrogen-bond acceptors (Lipinski definition) is 5. The van der Waals surface area contributed by atoms with Crippen LogP contribution in [0.2, 0.25) is 0 Å². The number of halogens is 2. The lowest BCUT2D eigenvalue weighted by molar-refractivity contribution is 0.0604. The Morgan fingerprint density at radius 3 is 2.31 bits per heavy atom. The van der Waals surface area contributed by atoms with Crippen LogP contribution in [0, 0.1) is 13.8 Å². The molecule has 0 bridgehead atoms. The van der Waals surface area contributed by atoms with E-state index in [2.05, 4.69) is 39.5 Å². The van der Waals surface area contributed by atoms with Crippen LogP contribution in [-0.2, 0) is 6.54 Å². The summed E-state index contributed by atoms with van der Waals surface area (Å²) in [6.45, 7) is 4.57. The summed E-state index contributed by atoms with van der Waals surface area (Å²) in [4.78, 5) is 20.9. The molecule has 1 aliphatic carbocycles. The lowest BCUT2D eigenvalue weighted by Crippen LogP contribution is -2.44. The molecule has 5 nitrogen and oxygen atoms in total. The van der Waals surface area contributed by atoms with Crippen molar-refractivity contribution in [3.63, 3.8) is 0 Å². The second-order valence-corrected chi connectivity index (χ2v) is 9.82. The number of rotatable bonds is 7. The van der Waals surface area contributed by atoms with Crippen LogP contribution >= 0.6 is 36.2 Å². The fourth-order valence-electron chi connectivity index (χ4n) is 4.85. The number of pyridine rings is 1. The van der Waals surface area contributed by atoms with Crippen LogP contribution in [0.5, 0.6) is 5.75 Å². The first-order valence-electron chi connectivity index (χ1n) is 11.6. The summed E-state index contributed by atoms with van der Waals surface area (Å²) in [6, 6.07) is 15.1. The average Bonchev–Trinajstić information content (AvgIpc) is 3.36. The van der Waals surface area contributed by atoms with Crippen LogP contribution in [0.1, 0.15) is 52.3 Å². The number of carbonyl (C=O) groups excluding carboxylic acids is 1. The normalized spacial score (nSPS) is 17.1. The minimum atomic E-state index is 0. The molecule has 0 atom stereocenters. The molecule has 1 aliphatic rings. The second-order valence-electron chi connectivity index (χ2n) is 8.87. The van der Waals surface area contributed by atoms with Gasteiger partial charge in [0.25, 0.3) is 5.91 Å². The van der Waals surface area contributed by atoms with E-state index >= 15 is 0 Å². The zero-order chi connectivity index (χ0) is 23.4. The van der Waals surface area contributed by atoms with Crippen molar-refractivity contribution in [1.29, 1.82) is 0 Å². The van der Waals surface area contributed by atoms with Gasteiger partial charge in [-0.15, -0.1) is 36.2 Å². The third kappa shape index (κ3) is 6.98. The maximum absolute atomic E-state index is 13.6. The summed E-state index contributed by atoms with van der Waals surface area (Å²) in [5.74, 6) is 0.926. The molecule has 1 N–H and O–H groups in total. The van der Waals surface area contributed by atoms with Gasteiger partial charge < -0.3 is 15.0 Å². The maximum atomic E-state index is 13.6. The topological polar surface area (TPSA) is 54.5 Å². The van der Waals surface area contributed by atoms with E-state index in [-0.39, 0.29) is 36.8 Å². The molecule has 1 fully saturated rings. The Kier molecular flexibility index (Phi) is 11.0. The average molecular weight is 537 g/mol. The van der Waals surface area contributed by atoms with Gasteiger partial charge in [0, 0.05) is 35.6 Å². The Balaban J connectivity index is 0.00000216. The SMILES string of the molecule is CNC1CCC(N(Cc2cc(-c3cc(C)nc(C)c3)ccc2OC)C(=O)c2cccs2)CC1.Cl.Cl. The minimum Gasteiger partial charge on any atom is -0.496 e. The highest BCUT2D eigenvalue weighted by Crippen LogP contribution is 2.32. The van der Waals surface area contributed by atoms with Crippen LogP contribution in [-0.4, -0.2) is 42.0 Å². The molecule has 8 heteroatoms. The first kappa shape index (κ1) is 29.1. The Labute approximate surface area is 225 Å². The third-order valence-corrected chi connectivity index (χ3v) is 7.43. The van der Waals surface area contributed by atoms with E-state index in [0.717, 1.165) is 64.4 Å². The number of carbonyl (C=O) groups is 1. The second kappa shape index (κ2) is 13.3. The van der Waals surface area contributed by atoms with Gasteiger partial charge in [-0.1, -0.05) is 12.1 Å². The van der Waals surface area contributed by atoms with Gasteiger partial charge in [-0.25, -0.2) is 0 Å². The van der Waals surface area contributed by atoms with E-state index < -0.39 is 0 Å². The van der Waals surface area contributed by atoms with Crippen molar-refractivity contribution >= 4 is 42.1 Å². The van der Waals surface area contributed by atoms with Gasteiger partial charge in [-0.2, -0.15) is 0 Å². The molecule has 0 radical (unpaired) electrons. The van der Waals surface area contributed by atoms with Crippen molar-refractivity contribution in [1.82, 2.24) is 15.2 Å². The van der Waals surface area contributed by atoms with Crippen molar-refractivity contribution < 1.29 is 9.53 Å². The molecule has 4 rings (SSSR count). The third-order valence-electron chi connectivity index (χ3n) is 6.57. The van der Waals surface area contributed by atoms with E-state index in [4.69, 9.17) is 4.74 Å². The summed E-state index contributed by atoms with van der Waals surface area (Å²) in [5, 5.41) is 5.37. The smallest absolute Gasteiger partial charge is 0.264 e. The highest BCUT2D eigenvalue weighted by Gasteiger charge is 2.30. The first-order valence-corrected chi connectivity index (χ1v) is 12.5. The standard InChI is InChI=1S/C27H33N3O2S.2ClH/c1-18-14-21(15-19(2)29-18)20-7-12-25(32-4)22(16-20)17-30(27(31)26-6-5-13-33-26)24-10-8-23(28-3)9-11-24;;/h5-7,12-16,23-24,28H,8-11,17H2,1-4H3;2*1H. The molecule has 0 unspecified atom stereocenters. The molecule has 190 valence electrons. The quantitative estimate of drug-likeness (QED) is 0.377.